The first-order chi connectivity index (χ1) is 9.16. The van der Waals surface area contributed by atoms with Crippen LogP contribution in [0, 0.1) is 5.82 Å². The van der Waals surface area contributed by atoms with Gasteiger partial charge >= 0.3 is 0 Å². The van der Waals surface area contributed by atoms with Crippen molar-refractivity contribution in [3.8, 4) is 5.75 Å². The molecule has 102 valence electrons. The number of nitrogens with two attached hydrogens (primary N) is 1. The Bertz CT molecular complexity index is 511. The molecule has 0 radical (unpaired) electrons. The molecule has 0 aliphatic heterocycles. The summed E-state index contributed by atoms with van der Waals surface area (Å²) in [5.41, 5.74) is 6.56. The molecule has 2 aromatic rings. The maximum Gasteiger partial charge on any atom is 0.165 e. The van der Waals surface area contributed by atoms with E-state index in [9.17, 15) is 4.39 Å². The highest BCUT2D eigenvalue weighted by atomic mass is 19.1. The topological polar surface area (TPSA) is 53.1 Å². The summed E-state index contributed by atoms with van der Waals surface area (Å²) >= 11 is 0. The lowest BCUT2D eigenvalue weighted by atomic mass is 10.1. The summed E-state index contributed by atoms with van der Waals surface area (Å²) in [7, 11) is 0. The second kappa shape index (κ2) is 6.33. The Balaban J connectivity index is 2.01. The van der Waals surface area contributed by atoms with Crippen LogP contribution >= 0.6 is 0 Å². The molecule has 0 saturated heterocycles. The molecule has 0 spiro atoms. The number of ether oxygens (including phenoxy) is 1. The Morgan fingerprint density at radius 1 is 1.47 bits per heavy atom. The van der Waals surface area contributed by atoms with Gasteiger partial charge < -0.3 is 15.0 Å². The Labute approximate surface area is 112 Å². The predicted octanol–water partition coefficient (Wildman–Crippen LogP) is 1.99. The smallest absolute Gasteiger partial charge is 0.165 e. The Morgan fingerprint density at radius 3 is 3.00 bits per heavy atom. The zero-order valence-corrected chi connectivity index (χ0v) is 10.9. The molecule has 1 aromatic carbocycles. The summed E-state index contributed by atoms with van der Waals surface area (Å²) in [4.78, 5) is 3.94. The molecule has 2 N–H and O–H groups in total. The van der Waals surface area contributed by atoms with Crippen LogP contribution in [0.5, 0.6) is 5.75 Å². The largest absolute Gasteiger partial charge is 0.488 e. The Kier molecular flexibility index (Phi) is 4.52. The van der Waals surface area contributed by atoms with Crippen LogP contribution in [-0.4, -0.2) is 22.2 Å². The molecule has 1 heterocycles. The minimum absolute atomic E-state index is 0.0298. The standard InChI is InChI=1S/C14H18FN3O/c1-11(16)9-12-3-2-4-13(15)14(12)19-8-7-18-6-5-17-10-18/h2-6,10-11H,7-9,16H2,1H3. The molecule has 0 aliphatic rings. The van der Waals surface area contributed by atoms with E-state index in [2.05, 4.69) is 4.98 Å². The van der Waals surface area contributed by atoms with E-state index >= 15 is 0 Å². The van der Waals surface area contributed by atoms with Gasteiger partial charge in [0.25, 0.3) is 0 Å². The van der Waals surface area contributed by atoms with Gasteiger partial charge in [0.05, 0.1) is 12.9 Å². The number of hydrogen-bond acceptors (Lipinski definition) is 3. The van der Waals surface area contributed by atoms with Crippen LogP contribution in [0.15, 0.2) is 36.9 Å². The second-order valence-corrected chi connectivity index (χ2v) is 4.56. The monoisotopic (exact) mass is 263 g/mol. The SMILES string of the molecule is CC(N)Cc1cccc(F)c1OCCn1ccnc1. The average Bonchev–Trinajstić information content (AvgIpc) is 2.85. The molecule has 2 rings (SSSR count). The highest BCUT2D eigenvalue weighted by molar-refractivity contribution is 5.35. The predicted molar refractivity (Wildman–Crippen MR) is 71.5 cm³/mol. The van der Waals surface area contributed by atoms with Crippen LogP contribution in [0.4, 0.5) is 4.39 Å². The third-order valence-electron chi connectivity index (χ3n) is 2.75. The number of rotatable bonds is 6. The molecule has 1 atom stereocenters. The third kappa shape index (κ3) is 3.79. The first-order valence-corrected chi connectivity index (χ1v) is 6.28. The summed E-state index contributed by atoms with van der Waals surface area (Å²) in [5, 5.41) is 0. The summed E-state index contributed by atoms with van der Waals surface area (Å²) in [5.74, 6) is -0.0382. The van der Waals surface area contributed by atoms with Crippen molar-refractivity contribution in [1.29, 1.82) is 0 Å². The number of halogens is 1. The molecule has 0 fully saturated rings. The summed E-state index contributed by atoms with van der Waals surface area (Å²) < 4.78 is 21.2. The minimum Gasteiger partial charge on any atom is -0.488 e. The molecule has 4 nitrogen and oxygen atoms in total. The van der Waals surface area contributed by atoms with Gasteiger partial charge in [-0.1, -0.05) is 12.1 Å². The van der Waals surface area contributed by atoms with Crippen molar-refractivity contribution in [2.75, 3.05) is 6.61 Å². The lowest BCUT2D eigenvalue weighted by Crippen LogP contribution is -2.19. The first-order valence-electron chi connectivity index (χ1n) is 6.28. The van der Waals surface area contributed by atoms with Crippen molar-refractivity contribution in [2.24, 2.45) is 5.73 Å². The van der Waals surface area contributed by atoms with Gasteiger partial charge in [0.2, 0.25) is 0 Å². The zero-order valence-electron chi connectivity index (χ0n) is 10.9. The van der Waals surface area contributed by atoms with Crippen LogP contribution in [0.3, 0.4) is 0 Å². The molecule has 0 bridgehead atoms. The summed E-state index contributed by atoms with van der Waals surface area (Å²) in [6.45, 7) is 2.91. The van der Waals surface area contributed by atoms with Gasteiger partial charge in [0.15, 0.2) is 11.6 Å². The van der Waals surface area contributed by atoms with Crippen molar-refractivity contribution in [1.82, 2.24) is 9.55 Å². The van der Waals surface area contributed by atoms with Gasteiger partial charge in [-0.2, -0.15) is 0 Å². The minimum atomic E-state index is -0.344. The van der Waals surface area contributed by atoms with Gasteiger partial charge in [-0.3, -0.25) is 0 Å². The molecular formula is C14H18FN3O. The van der Waals surface area contributed by atoms with Crippen molar-refractivity contribution >= 4 is 0 Å². The van der Waals surface area contributed by atoms with Crippen LogP contribution < -0.4 is 10.5 Å². The van der Waals surface area contributed by atoms with E-state index in [1.165, 1.54) is 6.07 Å². The van der Waals surface area contributed by atoms with Crippen LogP contribution in [0.2, 0.25) is 0 Å². The van der Waals surface area contributed by atoms with E-state index in [1.54, 1.807) is 18.6 Å². The number of nitrogens with zero attached hydrogens (tertiary/aromatic N) is 2. The van der Waals surface area contributed by atoms with Crippen molar-refractivity contribution in [2.45, 2.75) is 25.9 Å². The summed E-state index contributed by atoms with van der Waals surface area (Å²) in [6.07, 6.45) is 5.84. The van der Waals surface area contributed by atoms with E-state index in [4.69, 9.17) is 10.5 Å². The van der Waals surface area contributed by atoms with E-state index < -0.39 is 0 Å². The first kappa shape index (κ1) is 13.5. The van der Waals surface area contributed by atoms with Crippen LogP contribution in [0.25, 0.3) is 0 Å². The fourth-order valence-electron chi connectivity index (χ4n) is 1.89. The average molecular weight is 263 g/mol. The number of benzene rings is 1. The van der Waals surface area contributed by atoms with E-state index in [-0.39, 0.29) is 11.9 Å². The summed E-state index contributed by atoms with van der Waals surface area (Å²) in [6, 6.07) is 4.89. The quantitative estimate of drug-likeness (QED) is 0.867. The van der Waals surface area contributed by atoms with Gasteiger partial charge in [-0.15, -0.1) is 0 Å². The second-order valence-electron chi connectivity index (χ2n) is 4.56. The molecule has 5 heteroatoms. The van der Waals surface area contributed by atoms with Crippen molar-refractivity contribution in [3.05, 3.63) is 48.3 Å². The van der Waals surface area contributed by atoms with Crippen molar-refractivity contribution in [3.63, 3.8) is 0 Å². The molecule has 0 amide bonds. The highest BCUT2D eigenvalue weighted by Crippen LogP contribution is 2.23. The van der Waals surface area contributed by atoms with Gasteiger partial charge in [0.1, 0.15) is 6.61 Å². The lowest BCUT2D eigenvalue weighted by molar-refractivity contribution is 0.281. The number of imidazole rings is 1. The van der Waals surface area contributed by atoms with E-state index in [0.717, 1.165) is 5.56 Å². The van der Waals surface area contributed by atoms with Gasteiger partial charge in [0, 0.05) is 18.4 Å². The number of aromatic nitrogens is 2. The van der Waals surface area contributed by atoms with Gasteiger partial charge in [-0.05, 0) is 25.0 Å². The van der Waals surface area contributed by atoms with Crippen LogP contribution in [0.1, 0.15) is 12.5 Å². The molecule has 19 heavy (non-hydrogen) atoms. The number of para-hydroxylation sites is 1. The highest BCUT2D eigenvalue weighted by Gasteiger charge is 2.11. The molecule has 0 saturated carbocycles. The molecule has 1 unspecified atom stereocenters. The zero-order chi connectivity index (χ0) is 13.7. The maximum absolute atomic E-state index is 13.8. The third-order valence-corrected chi connectivity index (χ3v) is 2.75. The fraction of sp³-hybridized carbons (Fsp3) is 0.357. The Morgan fingerprint density at radius 2 is 2.32 bits per heavy atom. The van der Waals surface area contributed by atoms with Crippen molar-refractivity contribution < 1.29 is 9.13 Å². The Hall–Kier alpha value is -1.88. The molecule has 0 aliphatic carbocycles. The van der Waals surface area contributed by atoms with Gasteiger partial charge in [-0.25, -0.2) is 9.37 Å². The molecule has 1 aromatic heterocycles. The van der Waals surface area contributed by atoms with E-state index in [0.29, 0.717) is 25.3 Å². The van der Waals surface area contributed by atoms with Crippen LogP contribution in [-0.2, 0) is 13.0 Å². The fourth-order valence-corrected chi connectivity index (χ4v) is 1.89. The lowest BCUT2D eigenvalue weighted by Gasteiger charge is -2.14. The molecular weight excluding hydrogens is 245 g/mol. The number of hydrogen-bond donors (Lipinski definition) is 1. The maximum atomic E-state index is 13.8. The van der Waals surface area contributed by atoms with E-state index in [1.807, 2.05) is 23.8 Å². The normalized spacial score (nSPS) is 12.4.